The maximum absolute atomic E-state index is 12.9. The third kappa shape index (κ3) is 22.8. The van der Waals surface area contributed by atoms with Crippen LogP contribution < -0.4 is 0 Å². The zero-order chi connectivity index (χ0) is 41.7. The summed E-state index contributed by atoms with van der Waals surface area (Å²) in [4.78, 5) is 25.4. The highest BCUT2D eigenvalue weighted by Gasteiger charge is 2.50. The predicted octanol–water partition coefficient (Wildman–Crippen LogP) is 11.4. The summed E-state index contributed by atoms with van der Waals surface area (Å²) in [6.07, 6.45) is 16.4. The van der Waals surface area contributed by atoms with Crippen molar-refractivity contribution in [3.63, 3.8) is 0 Å². The number of carbonyl (C=O) groups excluding carboxylic acids is 2. The van der Waals surface area contributed by atoms with Gasteiger partial charge in [0.2, 0.25) is 0 Å². The minimum Gasteiger partial charge on any atom is -0.431 e. The van der Waals surface area contributed by atoms with E-state index in [-0.39, 0.29) is 31.5 Å². The Kier molecular flexibility index (Phi) is 28.8. The second-order valence-corrected chi connectivity index (χ2v) is 21.5. The zero-order valence-corrected chi connectivity index (χ0v) is 37.5. The van der Waals surface area contributed by atoms with E-state index in [1.54, 1.807) is 0 Å². The number of unbranched alkanes of at least 4 members (excludes halogenated alkanes) is 15. The van der Waals surface area contributed by atoms with Gasteiger partial charge < -0.3 is 42.7 Å². The molecule has 0 bridgehead atoms. The van der Waals surface area contributed by atoms with Gasteiger partial charge in [-0.25, -0.2) is 9.59 Å². The van der Waals surface area contributed by atoms with Crippen LogP contribution in [-0.4, -0.2) is 95.6 Å². The van der Waals surface area contributed by atoms with Crippen molar-refractivity contribution in [3.05, 3.63) is 25.3 Å². The molecule has 11 nitrogen and oxygen atoms in total. The number of ether oxygens (including phenoxy) is 7. The largest absolute Gasteiger partial charge is 0.509 e. The summed E-state index contributed by atoms with van der Waals surface area (Å²) in [6.45, 7) is 23.0. The predicted molar refractivity (Wildman–Crippen MR) is 225 cm³/mol. The van der Waals surface area contributed by atoms with Crippen LogP contribution in [0.3, 0.4) is 0 Å². The van der Waals surface area contributed by atoms with E-state index in [1.165, 1.54) is 82.8 Å². The molecule has 0 aromatic rings. The topological polar surface area (TPSA) is 128 Å². The number of aliphatic hydroxyl groups excluding tert-OH is 1. The van der Waals surface area contributed by atoms with E-state index in [0.717, 1.165) is 38.5 Å². The molecular formula is C44H82O11Si. The van der Waals surface area contributed by atoms with Crippen LogP contribution in [-0.2, 0) is 37.6 Å². The summed E-state index contributed by atoms with van der Waals surface area (Å²) >= 11 is 0. The van der Waals surface area contributed by atoms with Crippen molar-refractivity contribution in [1.29, 1.82) is 0 Å². The lowest BCUT2D eigenvalue weighted by atomic mass is 9.98. The second-order valence-electron chi connectivity index (χ2n) is 16.7. The number of hydrogen-bond acceptors (Lipinski definition) is 11. The molecule has 1 aliphatic rings. The highest BCUT2D eigenvalue weighted by molar-refractivity contribution is 6.74. The van der Waals surface area contributed by atoms with Gasteiger partial charge in [-0.05, 0) is 37.4 Å². The van der Waals surface area contributed by atoms with Gasteiger partial charge in [0.25, 0.3) is 0 Å². The highest BCUT2D eigenvalue weighted by Crippen LogP contribution is 2.38. The Morgan fingerprint density at radius 1 is 0.696 bits per heavy atom. The van der Waals surface area contributed by atoms with Crippen LogP contribution >= 0.6 is 0 Å². The standard InChI is InChI=1S/C44H82O11Si/c1-10-14-16-18-20-22-23-25-27-29-36(53-42(46)50-31-12-3)30-34-49-40-39(48-33-28-26-24-21-19-17-15-11-2)38(55-43(47)51-32-13-4)37(54-41(40)45)35-52-56(8,9)44(5,6)7/h12-13,36-41,45H,3-4,10-11,14-35H2,1-2,5-9H3/t36-,37-,38-,39+,40-,41+/m1/s1. The molecule has 0 aromatic carbocycles. The fourth-order valence-electron chi connectivity index (χ4n) is 6.35. The molecule has 328 valence electrons. The van der Waals surface area contributed by atoms with Crippen molar-refractivity contribution in [3.8, 4) is 0 Å². The summed E-state index contributed by atoms with van der Waals surface area (Å²) in [5.74, 6) is 0. The average molecular weight is 815 g/mol. The molecule has 0 amide bonds. The summed E-state index contributed by atoms with van der Waals surface area (Å²) in [5, 5.41) is 11.4. The quantitative estimate of drug-likeness (QED) is 0.0294. The first-order valence-electron chi connectivity index (χ1n) is 21.9. The minimum atomic E-state index is -2.25. The van der Waals surface area contributed by atoms with Gasteiger partial charge in [-0.1, -0.05) is 156 Å². The lowest BCUT2D eigenvalue weighted by Crippen LogP contribution is -2.62. The Balaban J connectivity index is 3.13. The Bertz CT molecular complexity index is 1030. The number of aliphatic hydroxyl groups is 1. The molecule has 0 aromatic heterocycles. The smallest absolute Gasteiger partial charge is 0.431 e. The normalized spacial score (nSPS) is 20.6. The van der Waals surface area contributed by atoms with Crippen LogP contribution in [0.4, 0.5) is 9.59 Å². The first-order chi connectivity index (χ1) is 26.8. The highest BCUT2D eigenvalue weighted by atomic mass is 28.4. The minimum absolute atomic E-state index is 0.0283. The third-order valence-corrected chi connectivity index (χ3v) is 15.3. The molecule has 0 radical (unpaired) electrons. The Hall–Kier alpha value is -1.96. The molecule has 1 aliphatic heterocycles. The number of carbonyl (C=O) groups is 2. The summed E-state index contributed by atoms with van der Waals surface area (Å²) in [5.41, 5.74) is 0. The second kappa shape index (κ2) is 31.0. The van der Waals surface area contributed by atoms with E-state index < -0.39 is 57.4 Å². The number of rotatable bonds is 33. The van der Waals surface area contributed by atoms with E-state index in [9.17, 15) is 14.7 Å². The molecular weight excluding hydrogens is 733 g/mol. The van der Waals surface area contributed by atoms with Gasteiger partial charge in [0.1, 0.15) is 37.6 Å². The van der Waals surface area contributed by atoms with Crippen LogP contribution in [0.5, 0.6) is 0 Å². The molecule has 0 saturated carbocycles. The van der Waals surface area contributed by atoms with Crippen LogP contribution in [0.2, 0.25) is 18.1 Å². The molecule has 56 heavy (non-hydrogen) atoms. The molecule has 1 N–H and O–H groups in total. The molecule has 1 heterocycles. The van der Waals surface area contributed by atoms with Gasteiger partial charge in [-0.2, -0.15) is 0 Å². The fourth-order valence-corrected chi connectivity index (χ4v) is 7.36. The van der Waals surface area contributed by atoms with Crippen LogP contribution in [0.25, 0.3) is 0 Å². The monoisotopic (exact) mass is 815 g/mol. The van der Waals surface area contributed by atoms with Gasteiger partial charge in [0.05, 0.1) is 13.2 Å². The van der Waals surface area contributed by atoms with Crippen molar-refractivity contribution in [2.24, 2.45) is 0 Å². The maximum Gasteiger partial charge on any atom is 0.509 e. The summed E-state index contributed by atoms with van der Waals surface area (Å²) in [7, 11) is -2.25. The van der Waals surface area contributed by atoms with Gasteiger partial charge in [-0.3, -0.25) is 0 Å². The lowest BCUT2D eigenvalue weighted by molar-refractivity contribution is -0.304. The fraction of sp³-hybridized carbons (Fsp3) is 0.864. The van der Waals surface area contributed by atoms with Crippen molar-refractivity contribution < 1.29 is 52.3 Å². The van der Waals surface area contributed by atoms with Gasteiger partial charge in [0.15, 0.2) is 20.7 Å². The molecule has 6 atom stereocenters. The maximum atomic E-state index is 12.9. The van der Waals surface area contributed by atoms with Crippen molar-refractivity contribution in [1.82, 2.24) is 0 Å². The van der Waals surface area contributed by atoms with Crippen molar-refractivity contribution in [2.75, 3.05) is 33.0 Å². The van der Waals surface area contributed by atoms with E-state index in [0.29, 0.717) is 19.4 Å². The van der Waals surface area contributed by atoms with Crippen LogP contribution in [0.1, 0.15) is 157 Å². The zero-order valence-electron chi connectivity index (χ0n) is 36.5. The van der Waals surface area contributed by atoms with Crippen molar-refractivity contribution >= 4 is 20.6 Å². The Labute approximate surface area is 342 Å². The molecule has 0 aliphatic carbocycles. The van der Waals surface area contributed by atoms with Gasteiger partial charge in [-0.15, -0.1) is 0 Å². The van der Waals surface area contributed by atoms with Crippen LogP contribution in [0, 0.1) is 0 Å². The van der Waals surface area contributed by atoms with Gasteiger partial charge in [0, 0.05) is 13.0 Å². The first-order valence-corrected chi connectivity index (χ1v) is 24.8. The SMILES string of the molecule is C=CCOC(=O)O[C@H](CCCCCCCCCCC)CCO[C@@H]1[C@@H](OCCCCCCCCCC)[C@H](OC(=O)OCC=C)[C@@H](CO[Si](C)(C)C(C)(C)C)O[C@@H]1O. The first kappa shape index (κ1) is 52.1. The molecule has 1 fully saturated rings. The van der Waals surface area contributed by atoms with E-state index >= 15 is 0 Å². The molecule has 0 unspecified atom stereocenters. The molecule has 12 heteroatoms. The summed E-state index contributed by atoms with van der Waals surface area (Å²) < 4.78 is 47.4. The van der Waals surface area contributed by atoms with Crippen molar-refractivity contribution in [2.45, 2.75) is 212 Å². The third-order valence-electron chi connectivity index (χ3n) is 10.8. The van der Waals surface area contributed by atoms with Gasteiger partial charge >= 0.3 is 12.3 Å². The Morgan fingerprint density at radius 2 is 1.20 bits per heavy atom. The average Bonchev–Trinajstić information content (AvgIpc) is 3.15. The van der Waals surface area contributed by atoms with E-state index in [2.05, 4.69) is 60.9 Å². The Morgan fingerprint density at radius 3 is 1.73 bits per heavy atom. The number of hydrogen-bond donors (Lipinski definition) is 1. The molecule has 1 saturated heterocycles. The lowest BCUT2D eigenvalue weighted by Gasteiger charge is -2.45. The van der Waals surface area contributed by atoms with E-state index in [1.807, 2.05) is 0 Å². The summed E-state index contributed by atoms with van der Waals surface area (Å²) in [6, 6.07) is 0. The molecule has 0 spiro atoms. The van der Waals surface area contributed by atoms with E-state index in [4.69, 9.17) is 37.6 Å². The molecule has 1 rings (SSSR count). The van der Waals surface area contributed by atoms with Crippen LogP contribution in [0.15, 0.2) is 25.3 Å².